The number of nitrogens with one attached hydrogen (secondary N) is 1. The highest BCUT2D eigenvalue weighted by atomic mass is 16.6. The van der Waals surface area contributed by atoms with Gasteiger partial charge in [-0.3, -0.25) is 4.90 Å². The molecule has 0 saturated carbocycles. The van der Waals surface area contributed by atoms with Crippen molar-refractivity contribution in [3.05, 3.63) is 36.0 Å². The number of hydrogen-bond donors (Lipinski definition) is 5. The van der Waals surface area contributed by atoms with Crippen LogP contribution in [0.3, 0.4) is 0 Å². The number of rotatable bonds is 3. The van der Waals surface area contributed by atoms with Crippen LogP contribution < -0.4 is 0 Å². The Bertz CT molecular complexity index is 560. The van der Waals surface area contributed by atoms with Crippen molar-refractivity contribution in [1.29, 1.82) is 0 Å². The molecular weight excluding hydrogens is 236 g/mol. The zero-order chi connectivity index (χ0) is 13.6. The number of likely N-dealkylation sites (N-methyl/N-ethyl adjacent to an activating group) is 1. The topological polar surface area (TPSA) is 100.0 Å². The van der Waals surface area contributed by atoms with Crippen molar-refractivity contribution in [3.63, 3.8) is 0 Å². The molecule has 0 bridgehead atoms. The van der Waals surface area contributed by atoms with Crippen molar-refractivity contribution in [2.24, 2.45) is 0 Å². The van der Waals surface area contributed by atoms with Crippen molar-refractivity contribution >= 4 is 10.9 Å². The highest BCUT2D eigenvalue weighted by molar-refractivity contribution is 5.83. The van der Waals surface area contributed by atoms with E-state index in [0.29, 0.717) is 10.9 Å². The molecular formula is C12H16N2O4. The first-order chi connectivity index (χ1) is 8.28. The lowest BCUT2D eigenvalue weighted by Gasteiger charge is -2.38. The van der Waals surface area contributed by atoms with Gasteiger partial charge < -0.3 is 25.4 Å². The molecule has 0 amide bonds. The van der Waals surface area contributed by atoms with Gasteiger partial charge in [-0.15, -0.1) is 0 Å². The minimum atomic E-state index is -2.82. The highest BCUT2D eigenvalue weighted by Gasteiger charge is 2.52. The molecule has 1 aromatic carbocycles. The molecule has 0 unspecified atom stereocenters. The molecule has 0 radical (unpaired) electrons. The van der Waals surface area contributed by atoms with Gasteiger partial charge in [0.25, 0.3) is 11.7 Å². The van der Waals surface area contributed by atoms with Crippen molar-refractivity contribution < 1.29 is 20.4 Å². The summed E-state index contributed by atoms with van der Waals surface area (Å²) >= 11 is 0. The number of aromatic amines is 1. The first kappa shape index (κ1) is 13.0. The maximum atomic E-state index is 10.1. The van der Waals surface area contributed by atoms with Crippen LogP contribution in [-0.2, 0) is 5.79 Å². The number of fused-ring (bicyclic) bond motifs is 1. The van der Waals surface area contributed by atoms with Gasteiger partial charge in [0, 0.05) is 22.7 Å². The Balaban J connectivity index is 2.60. The second-order valence-electron chi connectivity index (χ2n) is 4.45. The van der Waals surface area contributed by atoms with Crippen molar-refractivity contribution in [3.8, 4) is 0 Å². The Morgan fingerprint density at radius 1 is 1.06 bits per heavy atom. The molecule has 0 fully saturated rings. The molecule has 6 heteroatoms. The molecule has 0 aliphatic carbocycles. The standard InChI is InChI=1S/C12H16N2O4/c1-14(2)12(17,18)11(15,16)9-7-13-10-6-4-3-5-8(9)10/h3-7,13,15-18H,1-2H3. The monoisotopic (exact) mass is 252 g/mol. The number of H-pyrrole nitrogens is 1. The summed E-state index contributed by atoms with van der Waals surface area (Å²) in [5.41, 5.74) is 0.673. The first-order valence-corrected chi connectivity index (χ1v) is 5.42. The number of hydrogen-bond acceptors (Lipinski definition) is 5. The van der Waals surface area contributed by atoms with Gasteiger partial charge in [0.15, 0.2) is 0 Å². The van der Waals surface area contributed by atoms with Crippen LogP contribution in [0.5, 0.6) is 0 Å². The minimum Gasteiger partial charge on any atom is -0.361 e. The first-order valence-electron chi connectivity index (χ1n) is 5.42. The van der Waals surface area contributed by atoms with E-state index in [9.17, 15) is 20.4 Å². The Kier molecular flexibility index (Phi) is 2.92. The Labute approximate surface area is 104 Å². The van der Waals surface area contributed by atoms with Crippen molar-refractivity contribution in [2.75, 3.05) is 14.1 Å². The van der Waals surface area contributed by atoms with Crippen LogP contribution in [0.4, 0.5) is 0 Å². The summed E-state index contributed by atoms with van der Waals surface area (Å²) in [6.45, 7) is 0. The third kappa shape index (κ3) is 1.71. The van der Waals surface area contributed by atoms with Crippen LogP contribution in [0.2, 0.25) is 0 Å². The summed E-state index contributed by atoms with van der Waals surface area (Å²) in [5.74, 6) is -5.63. The molecule has 18 heavy (non-hydrogen) atoms. The van der Waals surface area contributed by atoms with Crippen LogP contribution in [0.15, 0.2) is 30.5 Å². The molecule has 1 aromatic heterocycles. The van der Waals surface area contributed by atoms with Crippen molar-refractivity contribution in [2.45, 2.75) is 11.7 Å². The average molecular weight is 252 g/mol. The number of aromatic nitrogens is 1. The Morgan fingerprint density at radius 2 is 1.67 bits per heavy atom. The Morgan fingerprint density at radius 3 is 2.28 bits per heavy atom. The lowest BCUT2D eigenvalue weighted by Crippen LogP contribution is -2.60. The van der Waals surface area contributed by atoms with E-state index in [1.807, 2.05) is 0 Å². The number of nitrogens with zero attached hydrogens (tertiary/aromatic N) is 1. The van der Waals surface area contributed by atoms with Gasteiger partial charge >= 0.3 is 0 Å². The quantitative estimate of drug-likeness (QED) is 0.474. The van der Waals surface area contributed by atoms with Gasteiger partial charge in [-0.1, -0.05) is 18.2 Å². The second kappa shape index (κ2) is 4.04. The van der Waals surface area contributed by atoms with Gasteiger partial charge in [-0.2, -0.15) is 0 Å². The zero-order valence-electron chi connectivity index (χ0n) is 10.1. The summed E-state index contributed by atoms with van der Waals surface area (Å²) in [6.07, 6.45) is 1.34. The summed E-state index contributed by atoms with van der Waals surface area (Å²) < 4.78 is 0. The average Bonchev–Trinajstić information content (AvgIpc) is 2.72. The molecule has 2 aromatic rings. The smallest absolute Gasteiger partial charge is 0.286 e. The zero-order valence-corrected chi connectivity index (χ0v) is 10.1. The summed E-state index contributed by atoms with van der Waals surface area (Å²) in [6, 6.07) is 6.92. The minimum absolute atomic E-state index is 0.00296. The van der Waals surface area contributed by atoms with E-state index < -0.39 is 11.7 Å². The van der Waals surface area contributed by atoms with Crippen LogP contribution in [0.25, 0.3) is 10.9 Å². The SMILES string of the molecule is CN(C)C(O)(O)C(O)(O)c1c[nH]c2ccccc12. The van der Waals surface area contributed by atoms with Crippen LogP contribution >= 0.6 is 0 Å². The van der Waals surface area contributed by atoms with E-state index in [0.717, 1.165) is 4.90 Å². The fraction of sp³-hybridized carbons (Fsp3) is 0.333. The highest BCUT2D eigenvalue weighted by Crippen LogP contribution is 2.34. The molecule has 6 nitrogen and oxygen atoms in total. The van der Waals surface area contributed by atoms with Crippen molar-refractivity contribution in [1.82, 2.24) is 9.88 Å². The molecule has 0 spiro atoms. The van der Waals surface area contributed by atoms with E-state index in [4.69, 9.17) is 0 Å². The van der Waals surface area contributed by atoms with Gasteiger partial charge in [0.2, 0.25) is 0 Å². The molecule has 98 valence electrons. The van der Waals surface area contributed by atoms with E-state index in [1.54, 1.807) is 24.3 Å². The lowest BCUT2D eigenvalue weighted by atomic mass is 10.0. The number of benzene rings is 1. The van der Waals surface area contributed by atoms with Crippen LogP contribution in [0, 0.1) is 0 Å². The van der Waals surface area contributed by atoms with E-state index in [-0.39, 0.29) is 5.56 Å². The maximum Gasteiger partial charge on any atom is 0.286 e. The molecule has 1 heterocycles. The predicted molar refractivity (Wildman–Crippen MR) is 65.3 cm³/mol. The third-order valence-electron chi connectivity index (χ3n) is 3.06. The fourth-order valence-electron chi connectivity index (χ4n) is 1.85. The van der Waals surface area contributed by atoms with Crippen LogP contribution in [-0.4, -0.2) is 50.3 Å². The normalized spacial score (nSPS) is 13.5. The predicted octanol–water partition coefficient (Wildman–Crippen LogP) is -0.495. The van der Waals surface area contributed by atoms with Crippen LogP contribution in [0.1, 0.15) is 5.56 Å². The van der Waals surface area contributed by atoms with E-state index >= 15 is 0 Å². The van der Waals surface area contributed by atoms with E-state index in [2.05, 4.69) is 4.98 Å². The number of aliphatic hydroxyl groups is 4. The van der Waals surface area contributed by atoms with Gasteiger partial charge in [0.1, 0.15) is 0 Å². The second-order valence-corrected chi connectivity index (χ2v) is 4.45. The third-order valence-corrected chi connectivity index (χ3v) is 3.06. The summed E-state index contributed by atoms with van der Waals surface area (Å²) in [4.78, 5) is 3.76. The van der Waals surface area contributed by atoms with Gasteiger partial charge in [-0.25, -0.2) is 0 Å². The van der Waals surface area contributed by atoms with E-state index in [1.165, 1.54) is 20.3 Å². The number of para-hydroxylation sites is 1. The lowest BCUT2D eigenvalue weighted by molar-refractivity contribution is -0.413. The largest absolute Gasteiger partial charge is 0.361 e. The Hall–Kier alpha value is -1.44. The van der Waals surface area contributed by atoms with Gasteiger partial charge in [0.05, 0.1) is 0 Å². The summed E-state index contributed by atoms with van der Waals surface area (Å²) in [7, 11) is 2.66. The molecule has 0 aliphatic heterocycles. The summed E-state index contributed by atoms with van der Waals surface area (Å²) in [5, 5.41) is 40.3. The molecule has 0 aliphatic rings. The fourth-order valence-corrected chi connectivity index (χ4v) is 1.85. The molecule has 5 N–H and O–H groups in total. The van der Waals surface area contributed by atoms with Gasteiger partial charge in [-0.05, 0) is 20.2 Å². The molecule has 0 saturated heterocycles. The molecule has 0 atom stereocenters. The molecule has 2 rings (SSSR count). The maximum absolute atomic E-state index is 10.1.